The van der Waals surface area contributed by atoms with E-state index in [0.29, 0.717) is 23.2 Å². The van der Waals surface area contributed by atoms with Gasteiger partial charge in [-0.3, -0.25) is 9.78 Å². The Hall–Kier alpha value is -1.68. The van der Waals surface area contributed by atoms with Gasteiger partial charge in [0.1, 0.15) is 0 Å². The number of hydrogen-bond donors (Lipinski definition) is 2. The Labute approximate surface area is 237 Å². The first-order valence-electron chi connectivity index (χ1n) is 15.6. The summed E-state index contributed by atoms with van der Waals surface area (Å²) in [5.41, 5.74) is 1.96. The first kappa shape index (κ1) is 28.8. The number of carboxylic acids is 1. The molecule has 0 spiro atoms. The third-order valence-electron chi connectivity index (χ3n) is 13.4. The molecule has 0 saturated heterocycles. The van der Waals surface area contributed by atoms with Crippen molar-refractivity contribution in [3.63, 3.8) is 0 Å². The first-order valence-corrected chi connectivity index (χ1v) is 15.6. The molecule has 0 aromatic carbocycles. The molecular formula is C35H53NO3. The molecule has 1 heterocycles. The summed E-state index contributed by atoms with van der Waals surface area (Å²) in [6, 6.07) is 5.72. The highest BCUT2D eigenvalue weighted by Crippen LogP contribution is 2.75. The number of hydrogen-bond acceptors (Lipinski definition) is 3. The summed E-state index contributed by atoms with van der Waals surface area (Å²) in [6.07, 6.45) is 16.7. The molecule has 0 unspecified atom stereocenters. The summed E-state index contributed by atoms with van der Waals surface area (Å²) < 4.78 is 0. The van der Waals surface area contributed by atoms with Gasteiger partial charge < -0.3 is 10.2 Å². The number of nitrogens with zero attached hydrogens (tertiary/aromatic N) is 1. The Balaban J connectivity index is 0.000000455. The fraction of sp³-hybridized carbons (Fsp3) is 0.771. The Morgan fingerprint density at radius 2 is 1.41 bits per heavy atom. The van der Waals surface area contributed by atoms with E-state index in [9.17, 15) is 15.0 Å². The molecule has 9 atom stereocenters. The fourth-order valence-electron chi connectivity index (χ4n) is 11.1. The lowest BCUT2D eigenvalue weighted by Gasteiger charge is -2.70. The maximum Gasteiger partial charge on any atom is 0.312 e. The summed E-state index contributed by atoms with van der Waals surface area (Å²) in [4.78, 5) is 16.3. The largest absolute Gasteiger partial charge is 0.481 e. The number of aliphatic hydroxyl groups excluding tert-OH is 1. The number of aliphatic carboxylic acids is 1. The summed E-state index contributed by atoms with van der Waals surface area (Å²) in [5, 5.41) is 21.1. The van der Waals surface area contributed by atoms with Gasteiger partial charge in [0, 0.05) is 12.4 Å². The van der Waals surface area contributed by atoms with Gasteiger partial charge in [0.25, 0.3) is 0 Å². The molecule has 5 aliphatic rings. The van der Waals surface area contributed by atoms with E-state index >= 15 is 0 Å². The van der Waals surface area contributed by atoms with Gasteiger partial charge in [-0.05, 0) is 128 Å². The molecule has 0 bridgehead atoms. The number of carboxylic acid groups (broad SMARTS) is 1. The lowest BCUT2D eigenvalue weighted by atomic mass is 9.34. The molecule has 4 fully saturated rings. The van der Waals surface area contributed by atoms with Crippen LogP contribution in [0.5, 0.6) is 0 Å². The van der Waals surface area contributed by atoms with E-state index in [1.165, 1.54) is 38.5 Å². The van der Waals surface area contributed by atoms with E-state index in [1.54, 1.807) is 18.0 Å². The second-order valence-corrected chi connectivity index (χ2v) is 16.1. The van der Waals surface area contributed by atoms with Crippen LogP contribution in [0.4, 0.5) is 0 Å². The summed E-state index contributed by atoms with van der Waals surface area (Å²) in [6.45, 7) is 16.9. The molecule has 4 saturated carbocycles. The zero-order valence-electron chi connectivity index (χ0n) is 25.6. The number of aliphatic hydroxyl groups is 1. The van der Waals surface area contributed by atoms with E-state index in [4.69, 9.17) is 0 Å². The molecule has 39 heavy (non-hydrogen) atoms. The van der Waals surface area contributed by atoms with Crippen LogP contribution < -0.4 is 0 Å². The van der Waals surface area contributed by atoms with Crippen molar-refractivity contribution in [1.82, 2.24) is 4.98 Å². The molecule has 4 nitrogen and oxygen atoms in total. The Morgan fingerprint density at radius 1 is 0.795 bits per heavy atom. The topological polar surface area (TPSA) is 70.4 Å². The van der Waals surface area contributed by atoms with Crippen molar-refractivity contribution >= 4 is 5.97 Å². The number of aromatic nitrogens is 1. The second-order valence-electron chi connectivity index (χ2n) is 16.1. The van der Waals surface area contributed by atoms with Crippen LogP contribution >= 0.6 is 0 Å². The highest BCUT2D eigenvalue weighted by molar-refractivity contribution is 5.76. The molecule has 2 N–H and O–H groups in total. The lowest BCUT2D eigenvalue weighted by Crippen LogP contribution is -2.65. The standard InChI is InChI=1S/C30H48O3.C5H5N/c1-25(2)16-17-26(3)12-8-19-27(4)14-10-21-28(5,15-11-23(31)30(21,7)24(32)33)20(27)9-13-29(19,6)22(26)18-25;1-2-4-6-5-3-1/h8,20-23,31H,9-18H2,1-7H3,(H,32,33);1-5H/t20-,21+,22+,23-,26-,27-,28+,29+,30+;/m0./s1. The van der Waals surface area contributed by atoms with Crippen molar-refractivity contribution in [1.29, 1.82) is 0 Å². The molecule has 0 aliphatic heterocycles. The van der Waals surface area contributed by atoms with Crippen molar-refractivity contribution in [2.24, 2.45) is 50.2 Å². The zero-order valence-corrected chi connectivity index (χ0v) is 25.6. The van der Waals surface area contributed by atoms with Crippen LogP contribution in [0.15, 0.2) is 42.2 Å². The van der Waals surface area contributed by atoms with Gasteiger partial charge in [-0.2, -0.15) is 0 Å². The van der Waals surface area contributed by atoms with Crippen LogP contribution in [0.25, 0.3) is 0 Å². The Kier molecular flexibility index (Phi) is 6.97. The Bertz CT molecular complexity index is 1090. The normalized spacial score (nSPS) is 48.1. The average Bonchev–Trinajstić information content (AvgIpc) is 2.88. The second kappa shape index (κ2) is 9.43. The molecule has 1 aromatic heterocycles. The molecule has 1 aromatic rings. The summed E-state index contributed by atoms with van der Waals surface area (Å²) in [5.74, 6) is 0.508. The van der Waals surface area contributed by atoms with Crippen LogP contribution in [-0.2, 0) is 4.79 Å². The van der Waals surface area contributed by atoms with Crippen LogP contribution in [0.1, 0.15) is 113 Å². The van der Waals surface area contributed by atoms with Crippen molar-refractivity contribution in [2.75, 3.05) is 0 Å². The van der Waals surface area contributed by atoms with E-state index in [-0.39, 0.29) is 22.2 Å². The van der Waals surface area contributed by atoms with Gasteiger partial charge in [0.05, 0.1) is 11.5 Å². The third kappa shape index (κ3) is 4.25. The van der Waals surface area contributed by atoms with Crippen LogP contribution in [0.3, 0.4) is 0 Å². The molecule has 4 heteroatoms. The molecular weight excluding hydrogens is 482 g/mol. The van der Waals surface area contributed by atoms with Crippen LogP contribution in [0, 0.1) is 50.2 Å². The van der Waals surface area contributed by atoms with Crippen molar-refractivity contribution in [3.05, 3.63) is 42.2 Å². The van der Waals surface area contributed by atoms with Gasteiger partial charge in [-0.25, -0.2) is 0 Å². The highest BCUT2D eigenvalue weighted by atomic mass is 16.4. The monoisotopic (exact) mass is 535 g/mol. The minimum Gasteiger partial charge on any atom is -0.481 e. The molecule has 6 rings (SSSR count). The van der Waals surface area contributed by atoms with E-state index in [2.05, 4.69) is 52.6 Å². The molecule has 5 aliphatic carbocycles. The smallest absolute Gasteiger partial charge is 0.312 e. The minimum atomic E-state index is -1.03. The fourth-order valence-corrected chi connectivity index (χ4v) is 11.1. The quantitative estimate of drug-likeness (QED) is 0.355. The predicted molar refractivity (Wildman–Crippen MR) is 157 cm³/mol. The van der Waals surface area contributed by atoms with Crippen LogP contribution in [0.2, 0.25) is 0 Å². The third-order valence-corrected chi connectivity index (χ3v) is 13.4. The number of pyridine rings is 1. The van der Waals surface area contributed by atoms with Gasteiger partial charge in [-0.1, -0.05) is 59.3 Å². The maximum atomic E-state index is 12.5. The average molecular weight is 536 g/mol. The van der Waals surface area contributed by atoms with Gasteiger partial charge in [0.15, 0.2) is 0 Å². The van der Waals surface area contributed by atoms with Gasteiger partial charge >= 0.3 is 5.97 Å². The van der Waals surface area contributed by atoms with E-state index in [1.807, 2.05) is 25.1 Å². The number of allylic oxidation sites excluding steroid dienone is 2. The lowest BCUT2D eigenvalue weighted by molar-refractivity contribution is -0.205. The number of carbonyl (C=O) groups is 1. The SMILES string of the molecule is CC1(C)CC[C@]2(C)CC=C3[C@]4(C)CC[C@@H]5[C@](C)(CC[C@H](O)[C@]5(C)C(=O)O)[C@H]4CC[C@@]3(C)[C@@H]2C1.c1ccncc1. The molecule has 216 valence electrons. The molecule has 0 amide bonds. The van der Waals surface area contributed by atoms with Gasteiger partial charge in [0.2, 0.25) is 0 Å². The van der Waals surface area contributed by atoms with Crippen molar-refractivity contribution in [2.45, 2.75) is 119 Å². The van der Waals surface area contributed by atoms with Crippen molar-refractivity contribution < 1.29 is 15.0 Å². The van der Waals surface area contributed by atoms with E-state index in [0.717, 1.165) is 25.2 Å². The number of rotatable bonds is 1. The number of fused-ring (bicyclic) bond motifs is 7. The molecule has 0 radical (unpaired) electrons. The zero-order chi connectivity index (χ0) is 28.5. The Morgan fingerprint density at radius 3 is 1.97 bits per heavy atom. The summed E-state index contributed by atoms with van der Waals surface area (Å²) in [7, 11) is 0. The van der Waals surface area contributed by atoms with Crippen LogP contribution in [-0.4, -0.2) is 27.3 Å². The highest BCUT2D eigenvalue weighted by Gasteiger charge is 2.68. The first-order chi connectivity index (χ1) is 18.1. The maximum absolute atomic E-state index is 12.5. The van der Waals surface area contributed by atoms with E-state index < -0.39 is 17.5 Å². The van der Waals surface area contributed by atoms with Gasteiger partial charge in [-0.15, -0.1) is 0 Å². The minimum absolute atomic E-state index is 0.0197. The predicted octanol–water partition coefficient (Wildman–Crippen LogP) is 8.32. The summed E-state index contributed by atoms with van der Waals surface area (Å²) >= 11 is 0. The van der Waals surface area contributed by atoms with Crippen molar-refractivity contribution in [3.8, 4) is 0 Å².